The molecule has 0 saturated heterocycles. The lowest BCUT2D eigenvalue weighted by atomic mass is 10.1. The minimum Gasteiger partial charge on any atom is -0.289 e. The third kappa shape index (κ3) is 3.31. The molecule has 1 nitrogen and oxygen atoms in total. The van der Waals surface area contributed by atoms with Crippen LogP contribution in [0.1, 0.15) is 15.9 Å². The quantitative estimate of drug-likeness (QED) is 0.603. The van der Waals surface area contributed by atoms with E-state index in [2.05, 4.69) is 0 Å². The predicted octanol–water partition coefficient (Wildman–Crippen LogP) is 4.00. The van der Waals surface area contributed by atoms with Crippen LogP contribution in [0.15, 0.2) is 48.5 Å². The Bertz CT molecular complexity index is 648. The molecule has 0 aliphatic rings. The molecule has 0 atom stereocenters. The minimum absolute atomic E-state index is 0.228. The van der Waals surface area contributed by atoms with Crippen molar-refractivity contribution in [2.75, 3.05) is 0 Å². The van der Waals surface area contributed by atoms with Crippen LogP contribution in [-0.4, -0.2) is 5.78 Å². The maximum absolute atomic E-state index is 13.3. The number of rotatable bonds is 3. The molecule has 19 heavy (non-hydrogen) atoms. The summed E-state index contributed by atoms with van der Waals surface area (Å²) in [4.78, 5) is 11.7. The molecule has 0 fully saturated rings. The van der Waals surface area contributed by atoms with E-state index in [0.717, 1.165) is 18.2 Å². The van der Waals surface area contributed by atoms with E-state index < -0.39 is 23.2 Å². The first-order valence-electron chi connectivity index (χ1n) is 5.49. The highest BCUT2D eigenvalue weighted by molar-refractivity contribution is 6.06. The van der Waals surface area contributed by atoms with Crippen LogP contribution in [0.3, 0.4) is 0 Å². The van der Waals surface area contributed by atoms with Crippen LogP contribution in [0, 0.1) is 17.5 Å². The average Bonchev–Trinajstić information content (AvgIpc) is 2.36. The van der Waals surface area contributed by atoms with Crippen LogP contribution in [0.2, 0.25) is 0 Å². The summed E-state index contributed by atoms with van der Waals surface area (Å²) in [6.07, 6.45) is 2.49. The van der Waals surface area contributed by atoms with Gasteiger partial charge in [-0.2, -0.15) is 0 Å². The van der Waals surface area contributed by atoms with Crippen LogP contribution >= 0.6 is 0 Å². The lowest BCUT2D eigenvalue weighted by Gasteiger charge is -1.98. The normalized spacial score (nSPS) is 10.9. The summed E-state index contributed by atoms with van der Waals surface area (Å²) in [6.45, 7) is 0. The maximum atomic E-state index is 13.3. The van der Waals surface area contributed by atoms with Gasteiger partial charge in [-0.15, -0.1) is 0 Å². The van der Waals surface area contributed by atoms with Gasteiger partial charge in [0.2, 0.25) is 0 Å². The Morgan fingerprint density at radius 3 is 2.37 bits per heavy atom. The Balaban J connectivity index is 2.21. The molecule has 0 spiro atoms. The first-order chi connectivity index (χ1) is 9.06. The largest absolute Gasteiger partial charge is 0.289 e. The highest BCUT2D eigenvalue weighted by Gasteiger charge is 2.09. The van der Waals surface area contributed by atoms with Crippen molar-refractivity contribution in [1.29, 1.82) is 0 Å². The summed E-state index contributed by atoms with van der Waals surface area (Å²) in [7, 11) is 0. The number of benzene rings is 2. The molecular weight excluding hydrogens is 253 g/mol. The Morgan fingerprint density at radius 1 is 0.947 bits per heavy atom. The van der Waals surface area contributed by atoms with Gasteiger partial charge in [0.15, 0.2) is 5.78 Å². The lowest BCUT2D eigenvalue weighted by Crippen LogP contribution is -1.99. The second-order valence-electron chi connectivity index (χ2n) is 3.88. The van der Waals surface area contributed by atoms with Gasteiger partial charge in [0.05, 0.1) is 5.56 Å². The molecule has 2 aromatic rings. The Morgan fingerprint density at radius 2 is 1.68 bits per heavy atom. The van der Waals surface area contributed by atoms with E-state index >= 15 is 0 Å². The van der Waals surface area contributed by atoms with Gasteiger partial charge < -0.3 is 0 Å². The van der Waals surface area contributed by atoms with Crippen molar-refractivity contribution in [1.82, 2.24) is 0 Å². The molecule has 0 N–H and O–H groups in total. The summed E-state index contributed by atoms with van der Waals surface area (Å²) in [5.74, 6) is -2.71. The summed E-state index contributed by atoms with van der Waals surface area (Å²) >= 11 is 0. The van der Waals surface area contributed by atoms with Crippen LogP contribution in [0.4, 0.5) is 13.2 Å². The van der Waals surface area contributed by atoms with E-state index in [9.17, 15) is 18.0 Å². The number of hydrogen-bond donors (Lipinski definition) is 0. The van der Waals surface area contributed by atoms with Gasteiger partial charge in [-0.05, 0) is 35.9 Å². The minimum atomic E-state index is -0.922. The van der Waals surface area contributed by atoms with Crippen molar-refractivity contribution in [2.45, 2.75) is 0 Å². The fraction of sp³-hybridized carbons (Fsp3) is 0. The fourth-order valence-corrected chi connectivity index (χ4v) is 1.56. The Hall–Kier alpha value is -2.36. The fourth-order valence-electron chi connectivity index (χ4n) is 1.56. The van der Waals surface area contributed by atoms with E-state index in [0.29, 0.717) is 11.6 Å². The molecule has 0 aromatic heterocycles. The summed E-state index contributed by atoms with van der Waals surface area (Å²) in [5, 5.41) is 0. The molecule has 0 radical (unpaired) electrons. The van der Waals surface area contributed by atoms with Crippen molar-refractivity contribution in [3.8, 4) is 0 Å². The van der Waals surface area contributed by atoms with Crippen LogP contribution in [0.5, 0.6) is 0 Å². The number of allylic oxidation sites excluding steroid dienone is 1. The standard InChI is InChI=1S/C15H9F3O/c16-11-3-1-2-10(8-11)4-7-15(19)13-6-5-12(17)9-14(13)18/h1-9H. The summed E-state index contributed by atoms with van der Waals surface area (Å²) < 4.78 is 38.9. The Kier molecular flexibility index (Phi) is 3.80. The summed E-state index contributed by atoms with van der Waals surface area (Å²) in [6, 6.07) is 8.34. The molecule has 0 aliphatic carbocycles. The van der Waals surface area contributed by atoms with E-state index in [4.69, 9.17) is 0 Å². The average molecular weight is 262 g/mol. The van der Waals surface area contributed by atoms with Gasteiger partial charge in [-0.25, -0.2) is 13.2 Å². The molecule has 2 rings (SSSR count). The van der Waals surface area contributed by atoms with Crippen molar-refractivity contribution in [3.63, 3.8) is 0 Å². The zero-order valence-corrected chi connectivity index (χ0v) is 9.74. The summed E-state index contributed by atoms with van der Waals surface area (Å²) in [5.41, 5.74) is 0.255. The second-order valence-corrected chi connectivity index (χ2v) is 3.88. The van der Waals surface area contributed by atoms with Gasteiger partial charge in [-0.1, -0.05) is 18.2 Å². The number of carbonyl (C=O) groups excluding carboxylic acids is 1. The van der Waals surface area contributed by atoms with Gasteiger partial charge >= 0.3 is 0 Å². The molecule has 4 heteroatoms. The smallest absolute Gasteiger partial charge is 0.188 e. The van der Waals surface area contributed by atoms with Gasteiger partial charge in [0, 0.05) is 6.07 Å². The van der Waals surface area contributed by atoms with Crippen molar-refractivity contribution in [3.05, 3.63) is 77.1 Å². The Labute approximate surface area is 108 Å². The zero-order chi connectivity index (χ0) is 13.8. The SMILES string of the molecule is O=C(C=Cc1cccc(F)c1)c1ccc(F)cc1F. The second kappa shape index (κ2) is 5.52. The van der Waals surface area contributed by atoms with Gasteiger partial charge in [0.25, 0.3) is 0 Å². The van der Waals surface area contributed by atoms with Gasteiger partial charge in [0.1, 0.15) is 17.5 Å². The van der Waals surface area contributed by atoms with E-state index in [1.54, 1.807) is 6.07 Å². The highest BCUT2D eigenvalue weighted by Crippen LogP contribution is 2.12. The number of hydrogen-bond acceptors (Lipinski definition) is 1. The van der Waals surface area contributed by atoms with Crippen LogP contribution in [-0.2, 0) is 0 Å². The maximum Gasteiger partial charge on any atom is 0.188 e. The topological polar surface area (TPSA) is 17.1 Å². The van der Waals surface area contributed by atoms with E-state index in [1.165, 1.54) is 24.3 Å². The van der Waals surface area contributed by atoms with Crippen molar-refractivity contribution >= 4 is 11.9 Å². The predicted molar refractivity (Wildman–Crippen MR) is 66.1 cm³/mol. The zero-order valence-electron chi connectivity index (χ0n) is 9.74. The monoisotopic (exact) mass is 262 g/mol. The number of ketones is 1. The molecule has 0 heterocycles. The van der Waals surface area contributed by atoms with E-state index in [1.807, 2.05) is 0 Å². The number of halogens is 3. The highest BCUT2D eigenvalue weighted by atomic mass is 19.1. The first-order valence-corrected chi connectivity index (χ1v) is 5.49. The molecule has 0 saturated carbocycles. The van der Waals surface area contributed by atoms with Crippen molar-refractivity contribution in [2.24, 2.45) is 0 Å². The molecule has 0 amide bonds. The molecule has 96 valence electrons. The molecule has 0 aliphatic heterocycles. The molecule has 0 unspecified atom stereocenters. The van der Waals surface area contributed by atoms with Gasteiger partial charge in [-0.3, -0.25) is 4.79 Å². The lowest BCUT2D eigenvalue weighted by molar-refractivity contribution is 0.104. The molecule has 2 aromatic carbocycles. The van der Waals surface area contributed by atoms with Crippen LogP contribution < -0.4 is 0 Å². The number of carbonyl (C=O) groups is 1. The van der Waals surface area contributed by atoms with Crippen molar-refractivity contribution < 1.29 is 18.0 Å². The molecule has 0 bridgehead atoms. The third-order valence-electron chi connectivity index (χ3n) is 2.47. The third-order valence-corrected chi connectivity index (χ3v) is 2.47. The first kappa shape index (κ1) is 13.1. The molecular formula is C15H9F3O. The van der Waals surface area contributed by atoms with Crippen LogP contribution in [0.25, 0.3) is 6.08 Å². The van der Waals surface area contributed by atoms with E-state index in [-0.39, 0.29) is 5.56 Å².